The zero-order valence-corrected chi connectivity index (χ0v) is 14.3. The van der Waals surface area contributed by atoms with E-state index in [2.05, 4.69) is 15.9 Å². The Balaban J connectivity index is 1.90. The van der Waals surface area contributed by atoms with Gasteiger partial charge in [0, 0.05) is 41.3 Å². The van der Waals surface area contributed by atoms with Gasteiger partial charge in [-0.25, -0.2) is 4.79 Å². The van der Waals surface area contributed by atoms with Gasteiger partial charge in [-0.2, -0.15) is 0 Å². The average Bonchev–Trinajstić information content (AvgIpc) is 2.82. The van der Waals surface area contributed by atoms with Crippen LogP contribution in [-0.2, 0) is 11.3 Å². The lowest BCUT2D eigenvalue weighted by Crippen LogP contribution is -2.46. The molecule has 0 aliphatic carbocycles. The fourth-order valence-corrected chi connectivity index (χ4v) is 4.14. The highest BCUT2D eigenvalue weighted by molar-refractivity contribution is 9.10. The molecule has 21 heavy (non-hydrogen) atoms. The van der Waals surface area contributed by atoms with Crippen LogP contribution >= 0.6 is 27.3 Å². The number of carbonyl (C=O) groups excluding carboxylic acids is 1. The number of rotatable bonds is 4. The summed E-state index contributed by atoms with van der Waals surface area (Å²) in [5.74, 6) is -0.712. The molecular formula is C14H19BrN2O3S. The van der Waals surface area contributed by atoms with Gasteiger partial charge < -0.3 is 14.9 Å². The van der Waals surface area contributed by atoms with Crippen LogP contribution in [0.3, 0.4) is 0 Å². The summed E-state index contributed by atoms with van der Waals surface area (Å²) in [4.78, 5) is 27.8. The number of hydrogen-bond acceptors (Lipinski definition) is 3. The van der Waals surface area contributed by atoms with E-state index >= 15 is 0 Å². The third-order valence-corrected chi connectivity index (χ3v) is 5.28. The molecule has 1 aromatic heterocycles. The molecule has 1 atom stereocenters. The average molecular weight is 375 g/mol. The van der Waals surface area contributed by atoms with Crippen molar-refractivity contribution in [1.82, 2.24) is 9.80 Å². The van der Waals surface area contributed by atoms with Crippen LogP contribution in [0.15, 0.2) is 15.9 Å². The van der Waals surface area contributed by atoms with E-state index in [-0.39, 0.29) is 18.4 Å². The smallest absolute Gasteiger partial charge is 0.320 e. The van der Waals surface area contributed by atoms with Gasteiger partial charge in [-0.05, 0) is 40.8 Å². The Morgan fingerprint density at radius 1 is 1.57 bits per heavy atom. The van der Waals surface area contributed by atoms with Gasteiger partial charge in [-0.1, -0.05) is 0 Å². The summed E-state index contributed by atoms with van der Waals surface area (Å²) in [5.41, 5.74) is 0. The quantitative estimate of drug-likeness (QED) is 0.879. The van der Waals surface area contributed by atoms with Crippen LogP contribution in [-0.4, -0.2) is 47.0 Å². The van der Waals surface area contributed by atoms with Crippen LogP contribution < -0.4 is 0 Å². The lowest BCUT2D eigenvalue weighted by Gasteiger charge is -2.34. The molecule has 2 heterocycles. The summed E-state index contributed by atoms with van der Waals surface area (Å²) in [7, 11) is 1.79. The highest BCUT2D eigenvalue weighted by Crippen LogP contribution is 2.23. The second-order valence-electron chi connectivity index (χ2n) is 5.42. The van der Waals surface area contributed by atoms with Crippen molar-refractivity contribution >= 4 is 39.3 Å². The standard InChI is InChI=1S/C14H19BrN2O3S/c1-16(8-12-6-11(15)9-21-12)14(20)17-4-2-3-10(7-17)5-13(18)19/h6,9-10H,2-5,7-8H2,1H3,(H,18,19). The van der Waals surface area contributed by atoms with Crippen molar-refractivity contribution in [3.05, 3.63) is 20.8 Å². The minimum absolute atomic E-state index is 0.0189. The predicted molar refractivity (Wildman–Crippen MR) is 85.4 cm³/mol. The highest BCUT2D eigenvalue weighted by Gasteiger charge is 2.27. The molecular weight excluding hydrogens is 356 g/mol. The third kappa shape index (κ3) is 4.71. The maximum atomic E-state index is 12.4. The number of piperidine rings is 1. The summed E-state index contributed by atoms with van der Waals surface area (Å²) in [5, 5.41) is 10.9. The van der Waals surface area contributed by atoms with E-state index in [9.17, 15) is 9.59 Å². The Bertz CT molecular complexity index is 520. The van der Waals surface area contributed by atoms with Crippen LogP contribution in [0.5, 0.6) is 0 Å². The molecule has 0 radical (unpaired) electrons. The molecule has 2 amide bonds. The largest absolute Gasteiger partial charge is 0.481 e. The van der Waals surface area contributed by atoms with Crippen molar-refractivity contribution in [2.75, 3.05) is 20.1 Å². The second-order valence-corrected chi connectivity index (χ2v) is 7.33. The Morgan fingerprint density at radius 3 is 2.95 bits per heavy atom. The molecule has 0 bridgehead atoms. The van der Waals surface area contributed by atoms with Gasteiger partial charge in [-0.3, -0.25) is 4.79 Å². The van der Waals surface area contributed by atoms with Gasteiger partial charge in [0.15, 0.2) is 0 Å². The highest BCUT2D eigenvalue weighted by atomic mass is 79.9. The first-order chi connectivity index (χ1) is 9.95. The SMILES string of the molecule is CN(Cc1cc(Br)cs1)C(=O)N1CCCC(CC(=O)O)C1. The molecule has 116 valence electrons. The molecule has 7 heteroatoms. The normalized spacial score (nSPS) is 18.6. The van der Waals surface area contributed by atoms with Crippen molar-refractivity contribution < 1.29 is 14.7 Å². The van der Waals surface area contributed by atoms with E-state index in [4.69, 9.17) is 5.11 Å². The van der Waals surface area contributed by atoms with Crippen molar-refractivity contribution in [3.63, 3.8) is 0 Å². The minimum atomic E-state index is -0.786. The maximum Gasteiger partial charge on any atom is 0.320 e. The van der Waals surface area contributed by atoms with E-state index in [0.29, 0.717) is 19.6 Å². The first kappa shape index (κ1) is 16.3. The van der Waals surface area contributed by atoms with Crippen LogP contribution in [0.1, 0.15) is 24.1 Å². The number of likely N-dealkylation sites (tertiary alicyclic amines) is 1. The number of amides is 2. The summed E-state index contributed by atoms with van der Waals surface area (Å²) in [6.45, 7) is 1.84. The van der Waals surface area contributed by atoms with Crippen LogP contribution in [0.2, 0.25) is 0 Å². The lowest BCUT2D eigenvalue weighted by atomic mass is 9.95. The van der Waals surface area contributed by atoms with Crippen molar-refractivity contribution in [2.24, 2.45) is 5.92 Å². The number of carboxylic acids is 1. The van der Waals surface area contributed by atoms with Crippen LogP contribution in [0.25, 0.3) is 0 Å². The number of carbonyl (C=O) groups is 2. The van der Waals surface area contributed by atoms with E-state index in [1.54, 1.807) is 28.2 Å². The van der Waals surface area contributed by atoms with Gasteiger partial charge >= 0.3 is 12.0 Å². The van der Waals surface area contributed by atoms with Crippen molar-refractivity contribution in [1.29, 1.82) is 0 Å². The molecule has 0 saturated carbocycles. The minimum Gasteiger partial charge on any atom is -0.481 e. The van der Waals surface area contributed by atoms with E-state index in [1.807, 2.05) is 11.4 Å². The molecule has 1 N–H and O–H groups in total. The first-order valence-corrected chi connectivity index (χ1v) is 8.57. The number of urea groups is 1. The molecule has 1 unspecified atom stereocenters. The molecule has 0 spiro atoms. The van der Waals surface area contributed by atoms with Gasteiger partial charge in [0.25, 0.3) is 0 Å². The Kier molecular flexibility index (Phi) is 5.64. The van der Waals surface area contributed by atoms with Crippen LogP contribution in [0, 0.1) is 5.92 Å². The van der Waals surface area contributed by atoms with Crippen molar-refractivity contribution in [3.8, 4) is 0 Å². The zero-order chi connectivity index (χ0) is 15.4. The fourth-order valence-electron chi connectivity index (χ4n) is 2.63. The summed E-state index contributed by atoms with van der Waals surface area (Å²) < 4.78 is 1.03. The second kappa shape index (κ2) is 7.26. The molecule has 5 nitrogen and oxygen atoms in total. The number of hydrogen-bond donors (Lipinski definition) is 1. The molecule has 1 aliphatic rings. The number of aliphatic carboxylic acids is 1. The monoisotopic (exact) mass is 374 g/mol. The molecule has 1 saturated heterocycles. The van der Waals surface area contributed by atoms with E-state index in [0.717, 1.165) is 22.2 Å². The number of carboxylic acid groups (broad SMARTS) is 1. The van der Waals surface area contributed by atoms with E-state index < -0.39 is 5.97 Å². The number of halogens is 1. The van der Waals surface area contributed by atoms with Crippen LogP contribution in [0.4, 0.5) is 4.79 Å². The maximum absolute atomic E-state index is 12.4. The Hall–Kier alpha value is -1.08. The summed E-state index contributed by atoms with van der Waals surface area (Å²) >= 11 is 5.02. The molecule has 2 rings (SSSR count). The molecule has 1 fully saturated rings. The van der Waals surface area contributed by atoms with Gasteiger partial charge in [-0.15, -0.1) is 11.3 Å². The first-order valence-electron chi connectivity index (χ1n) is 6.90. The molecule has 1 aromatic rings. The summed E-state index contributed by atoms with van der Waals surface area (Å²) in [6.07, 6.45) is 1.91. The Labute approximate surface area is 136 Å². The topological polar surface area (TPSA) is 60.9 Å². The lowest BCUT2D eigenvalue weighted by molar-refractivity contribution is -0.138. The number of nitrogens with zero attached hydrogens (tertiary/aromatic N) is 2. The Morgan fingerprint density at radius 2 is 2.33 bits per heavy atom. The van der Waals surface area contributed by atoms with Crippen molar-refractivity contribution in [2.45, 2.75) is 25.8 Å². The summed E-state index contributed by atoms with van der Waals surface area (Å²) in [6, 6.07) is 1.99. The van der Waals surface area contributed by atoms with Gasteiger partial charge in [0.05, 0.1) is 6.54 Å². The third-order valence-electron chi connectivity index (χ3n) is 3.59. The van der Waals surface area contributed by atoms with Gasteiger partial charge in [0.2, 0.25) is 0 Å². The predicted octanol–water partition coefficient (Wildman–Crippen LogP) is 3.25. The molecule has 0 aromatic carbocycles. The van der Waals surface area contributed by atoms with E-state index in [1.165, 1.54) is 0 Å². The van der Waals surface area contributed by atoms with Gasteiger partial charge in [0.1, 0.15) is 0 Å². The number of thiophene rings is 1. The molecule has 1 aliphatic heterocycles. The zero-order valence-electron chi connectivity index (χ0n) is 11.9. The fraction of sp³-hybridized carbons (Fsp3) is 0.571.